The smallest absolute Gasteiger partial charge is 0.326 e. The summed E-state index contributed by atoms with van der Waals surface area (Å²) in [5.41, 5.74) is 1.81. The number of sulfonamides is 1. The second kappa shape index (κ2) is 11.1. The first-order valence-corrected chi connectivity index (χ1v) is 15.2. The lowest BCUT2D eigenvalue weighted by molar-refractivity contribution is 0.0564. The maximum atomic E-state index is 14.0. The number of hydrogen-bond acceptors (Lipinski definition) is 8. The van der Waals surface area contributed by atoms with Crippen molar-refractivity contribution < 1.29 is 26.4 Å². The van der Waals surface area contributed by atoms with Gasteiger partial charge in [0.05, 0.1) is 10.6 Å². The van der Waals surface area contributed by atoms with Gasteiger partial charge in [-0.05, 0) is 30.3 Å². The maximum absolute atomic E-state index is 14.0. The third-order valence-corrected chi connectivity index (χ3v) is 9.47. The molecule has 0 radical (unpaired) electrons. The molecule has 4 aromatic rings. The third kappa shape index (κ3) is 5.26. The van der Waals surface area contributed by atoms with E-state index in [0.29, 0.717) is 38.6 Å². The Morgan fingerprint density at radius 2 is 2.00 bits per heavy atom. The van der Waals surface area contributed by atoms with E-state index in [0.717, 1.165) is 12.3 Å². The van der Waals surface area contributed by atoms with Crippen molar-refractivity contribution in [2.75, 3.05) is 6.54 Å². The quantitative estimate of drug-likeness (QED) is 0.264. The monoisotopic (exact) mass is 632 g/mol. The number of hydrogen-bond donors (Lipinski definition) is 1. The van der Waals surface area contributed by atoms with E-state index in [-0.39, 0.29) is 34.1 Å². The number of thiazole rings is 1. The number of amidine groups is 1. The molecule has 1 fully saturated rings. The summed E-state index contributed by atoms with van der Waals surface area (Å²) in [6, 6.07) is 9.32. The first kappa shape index (κ1) is 28.3. The van der Waals surface area contributed by atoms with E-state index < -0.39 is 34.5 Å². The van der Waals surface area contributed by atoms with E-state index in [1.54, 1.807) is 16.5 Å². The summed E-state index contributed by atoms with van der Waals surface area (Å²) in [6.45, 7) is -2.75. The van der Waals surface area contributed by atoms with Crippen molar-refractivity contribution in [1.29, 1.82) is 0 Å². The van der Waals surface area contributed by atoms with Crippen LogP contribution in [0.25, 0.3) is 5.57 Å². The van der Waals surface area contributed by atoms with E-state index in [2.05, 4.69) is 14.8 Å². The molecule has 0 bridgehead atoms. The van der Waals surface area contributed by atoms with Crippen molar-refractivity contribution >= 4 is 50.7 Å². The molecule has 2 aromatic carbocycles. The Morgan fingerprint density at radius 3 is 2.69 bits per heavy atom. The van der Waals surface area contributed by atoms with Crippen LogP contribution < -0.4 is 4.72 Å². The van der Waals surface area contributed by atoms with Crippen LogP contribution in [-0.2, 0) is 10.0 Å². The number of nitrogens with one attached hydrogen (secondary N) is 1. The van der Waals surface area contributed by atoms with E-state index in [9.17, 15) is 26.4 Å². The predicted molar refractivity (Wildman–Crippen MR) is 150 cm³/mol. The number of benzene rings is 2. The molecule has 42 heavy (non-hydrogen) atoms. The molecule has 0 spiro atoms. The van der Waals surface area contributed by atoms with Crippen LogP contribution in [0.1, 0.15) is 45.6 Å². The molecule has 2 aromatic heterocycles. The number of aromatic nitrogens is 3. The van der Waals surface area contributed by atoms with Crippen molar-refractivity contribution in [2.45, 2.75) is 29.9 Å². The average molecular weight is 633 g/mol. The van der Waals surface area contributed by atoms with Crippen LogP contribution in [-0.4, -0.2) is 52.8 Å². The van der Waals surface area contributed by atoms with E-state index in [1.165, 1.54) is 53.8 Å². The van der Waals surface area contributed by atoms with Gasteiger partial charge in [0.2, 0.25) is 10.0 Å². The van der Waals surface area contributed by atoms with Gasteiger partial charge >= 0.3 is 6.55 Å². The van der Waals surface area contributed by atoms with Crippen LogP contribution in [0.15, 0.2) is 81.9 Å². The Hall–Kier alpha value is -3.85. The van der Waals surface area contributed by atoms with Gasteiger partial charge in [0.15, 0.2) is 10.8 Å². The van der Waals surface area contributed by atoms with Crippen molar-refractivity contribution in [3.63, 3.8) is 0 Å². The largest absolute Gasteiger partial charge is 0.333 e. The summed E-state index contributed by atoms with van der Waals surface area (Å²) in [4.78, 5) is 22.3. The molecule has 0 aliphatic carbocycles. The summed E-state index contributed by atoms with van der Waals surface area (Å²) >= 11 is 7.79. The van der Waals surface area contributed by atoms with Gasteiger partial charge in [-0.2, -0.15) is 13.9 Å². The van der Waals surface area contributed by atoms with Crippen molar-refractivity contribution in [3.8, 4) is 0 Å². The Labute approximate surface area is 247 Å². The summed E-state index contributed by atoms with van der Waals surface area (Å²) in [7, 11) is -4.05. The molecule has 1 N–H and O–H groups in total. The number of alkyl halides is 2. The lowest BCUT2D eigenvalue weighted by Gasteiger charge is -2.32. The van der Waals surface area contributed by atoms with Gasteiger partial charge in [0, 0.05) is 64.2 Å². The number of rotatable bonds is 8. The summed E-state index contributed by atoms with van der Waals surface area (Å²) in [5.74, 6) is -0.137. The normalized spacial score (nSPS) is 18.9. The summed E-state index contributed by atoms with van der Waals surface area (Å²) < 4.78 is 70.9. The molecule has 0 saturated carbocycles. The lowest BCUT2D eigenvalue weighted by atomic mass is 9.92. The maximum Gasteiger partial charge on any atom is 0.333 e. The van der Waals surface area contributed by atoms with Gasteiger partial charge < -0.3 is 4.90 Å². The van der Waals surface area contributed by atoms with Crippen LogP contribution in [0.4, 0.5) is 13.2 Å². The number of carbonyl (C=O) groups is 1. The second-order valence-corrected chi connectivity index (χ2v) is 12.5. The van der Waals surface area contributed by atoms with Gasteiger partial charge in [-0.3, -0.25) is 9.79 Å². The fourth-order valence-corrected chi connectivity index (χ4v) is 7.27. The highest BCUT2D eigenvalue weighted by atomic mass is 35.5. The topological polar surface area (TPSA) is 110 Å². The minimum Gasteiger partial charge on any atom is -0.326 e. The standard InChI is InChI=1S/C27H20ClF3N6O3S2/c28-20-11-16(29)4-5-19(20)24-23(21-6-8-37(34-21)27(30)31)22-12-17(13-36(22)25(33-24)26-32-7-9-41-26)35-42(39,40)18-3-1-2-15(10-18)14-38/h1-11,14,17,24,27,35H,12-13H2/t17-,24-/m0/s1. The fraction of sp³-hybridized carbons (Fsp3) is 0.185. The number of halogens is 4. The van der Waals surface area contributed by atoms with E-state index in [1.807, 2.05) is 0 Å². The minimum absolute atomic E-state index is 0.0763. The Balaban J connectivity index is 1.48. The Kier molecular flexibility index (Phi) is 7.47. The lowest BCUT2D eigenvalue weighted by Crippen LogP contribution is -2.39. The minimum atomic E-state index is -4.05. The number of carbonyl (C=O) groups excluding carboxylic acids is 1. The zero-order valence-electron chi connectivity index (χ0n) is 21.4. The number of nitrogens with zero attached hydrogens (tertiary/aromatic N) is 5. The molecule has 0 unspecified atom stereocenters. The average Bonchev–Trinajstić information content (AvgIpc) is 3.73. The predicted octanol–water partition coefficient (Wildman–Crippen LogP) is 5.31. The van der Waals surface area contributed by atoms with Crippen molar-refractivity contribution in [3.05, 3.63) is 105 Å². The molecular formula is C27H20ClF3N6O3S2. The highest BCUT2D eigenvalue weighted by molar-refractivity contribution is 7.89. The molecule has 0 amide bonds. The Bertz CT molecular complexity index is 1840. The summed E-state index contributed by atoms with van der Waals surface area (Å²) in [6.07, 6.45) is 3.43. The molecule has 4 heterocycles. The van der Waals surface area contributed by atoms with E-state index >= 15 is 0 Å². The van der Waals surface area contributed by atoms with Gasteiger partial charge in [-0.25, -0.2) is 27.2 Å². The zero-order chi connectivity index (χ0) is 29.6. The molecular weight excluding hydrogens is 613 g/mol. The van der Waals surface area contributed by atoms with Gasteiger partial charge in [0.1, 0.15) is 18.1 Å². The molecule has 9 nitrogen and oxygen atoms in total. The molecule has 2 atom stereocenters. The van der Waals surface area contributed by atoms with Gasteiger partial charge in [0.25, 0.3) is 0 Å². The SMILES string of the molecule is O=Cc1cccc(S(=O)(=O)N[C@H]2CC3=C(c4ccn(C(F)F)n4)[C@H](c4ccc(F)cc4Cl)N=C(c4nccs4)N3C2)c1. The van der Waals surface area contributed by atoms with Crippen LogP contribution in [0.5, 0.6) is 0 Å². The first-order chi connectivity index (χ1) is 20.1. The molecule has 2 aliphatic rings. The van der Waals surface area contributed by atoms with Crippen LogP contribution >= 0.6 is 22.9 Å². The number of aldehydes is 1. The zero-order valence-corrected chi connectivity index (χ0v) is 23.8. The van der Waals surface area contributed by atoms with Gasteiger partial charge in [-0.1, -0.05) is 29.8 Å². The van der Waals surface area contributed by atoms with Crippen LogP contribution in [0, 0.1) is 5.82 Å². The second-order valence-electron chi connectivity index (χ2n) is 9.50. The molecule has 15 heteroatoms. The molecule has 1 saturated heterocycles. The Morgan fingerprint density at radius 1 is 1.17 bits per heavy atom. The van der Waals surface area contributed by atoms with Crippen molar-refractivity contribution in [2.24, 2.45) is 4.99 Å². The number of fused-ring (bicyclic) bond motifs is 1. The highest BCUT2D eigenvalue weighted by Gasteiger charge is 2.42. The molecule has 6 rings (SSSR count). The third-order valence-electron chi connectivity index (χ3n) is 6.85. The van der Waals surface area contributed by atoms with Crippen LogP contribution in [0.2, 0.25) is 5.02 Å². The molecule has 216 valence electrons. The van der Waals surface area contributed by atoms with Gasteiger partial charge in [-0.15, -0.1) is 11.3 Å². The van der Waals surface area contributed by atoms with Crippen LogP contribution in [0.3, 0.4) is 0 Å². The summed E-state index contributed by atoms with van der Waals surface area (Å²) in [5, 5.41) is 6.46. The van der Waals surface area contributed by atoms with Crippen molar-refractivity contribution in [1.82, 2.24) is 24.4 Å². The van der Waals surface area contributed by atoms with E-state index in [4.69, 9.17) is 16.6 Å². The number of aliphatic imine (C=N–C) groups is 1. The fourth-order valence-electron chi connectivity index (χ4n) is 5.08. The first-order valence-electron chi connectivity index (χ1n) is 12.5. The highest BCUT2D eigenvalue weighted by Crippen LogP contribution is 2.46. The molecule has 2 aliphatic heterocycles.